The summed E-state index contributed by atoms with van der Waals surface area (Å²) in [4.78, 5) is 12.4. The van der Waals surface area contributed by atoms with Crippen molar-refractivity contribution in [2.24, 2.45) is 0 Å². The fourth-order valence-corrected chi connectivity index (χ4v) is 2.64. The number of benzene rings is 2. The first kappa shape index (κ1) is 17.0. The zero-order valence-electron chi connectivity index (χ0n) is 14.4. The number of ether oxygens (including phenoxy) is 3. The first-order valence-corrected chi connectivity index (χ1v) is 7.97. The molecule has 0 radical (unpaired) electrons. The Morgan fingerprint density at radius 3 is 2.48 bits per heavy atom. The van der Waals surface area contributed by atoms with Gasteiger partial charge in [0.05, 0.1) is 20.8 Å². The van der Waals surface area contributed by atoms with Gasteiger partial charge in [-0.3, -0.25) is 0 Å². The number of rotatable bonds is 6. The van der Waals surface area contributed by atoms with Gasteiger partial charge in [0.2, 0.25) is 0 Å². The highest BCUT2D eigenvalue weighted by atomic mass is 16.5. The molecule has 1 heterocycles. The van der Waals surface area contributed by atoms with Crippen molar-refractivity contribution in [3.63, 3.8) is 0 Å². The van der Waals surface area contributed by atoms with Crippen LogP contribution >= 0.6 is 0 Å². The molecule has 0 N–H and O–H groups in total. The van der Waals surface area contributed by atoms with E-state index < -0.39 is 5.63 Å². The second-order valence-electron chi connectivity index (χ2n) is 5.67. The Morgan fingerprint density at radius 2 is 1.80 bits per heavy atom. The van der Waals surface area contributed by atoms with Gasteiger partial charge in [-0.15, -0.1) is 0 Å². The Labute approximate surface area is 145 Å². The van der Waals surface area contributed by atoms with E-state index in [-0.39, 0.29) is 6.10 Å². The lowest BCUT2D eigenvalue weighted by Crippen LogP contribution is -2.08. The quantitative estimate of drug-likeness (QED) is 0.676. The predicted octanol–water partition coefficient (Wildman–Crippen LogP) is 4.09. The summed E-state index contributed by atoms with van der Waals surface area (Å²) in [5.41, 5.74) is 0.600. The minimum Gasteiger partial charge on any atom is -0.497 e. The molecule has 0 bridgehead atoms. The molecule has 0 saturated heterocycles. The van der Waals surface area contributed by atoms with Crippen LogP contribution in [0.1, 0.15) is 24.4 Å². The highest BCUT2D eigenvalue weighted by Gasteiger charge is 2.16. The number of fused-ring (bicyclic) bond motifs is 1. The SMILES string of the molecule is COc1cc(OC)c2c(=O)oc(C(C)OCc3ccccc3)cc2c1. The van der Waals surface area contributed by atoms with Crippen LogP contribution in [0.4, 0.5) is 0 Å². The Kier molecular flexibility index (Phi) is 5.05. The largest absolute Gasteiger partial charge is 0.497 e. The first-order valence-electron chi connectivity index (χ1n) is 7.97. The van der Waals surface area contributed by atoms with Crippen LogP contribution < -0.4 is 15.1 Å². The highest BCUT2D eigenvalue weighted by molar-refractivity contribution is 5.88. The van der Waals surface area contributed by atoms with E-state index in [9.17, 15) is 4.79 Å². The zero-order valence-corrected chi connectivity index (χ0v) is 14.4. The third-order valence-corrected chi connectivity index (χ3v) is 4.02. The Bertz CT molecular complexity index is 915. The molecule has 2 aromatic carbocycles. The fraction of sp³-hybridized carbons (Fsp3) is 0.250. The van der Waals surface area contributed by atoms with Crippen LogP contribution in [0.3, 0.4) is 0 Å². The van der Waals surface area contributed by atoms with Gasteiger partial charge in [-0.05, 0) is 30.0 Å². The molecule has 130 valence electrons. The van der Waals surface area contributed by atoms with Gasteiger partial charge in [0.25, 0.3) is 0 Å². The summed E-state index contributed by atoms with van der Waals surface area (Å²) in [6.45, 7) is 2.29. The topological polar surface area (TPSA) is 57.9 Å². The standard InChI is InChI=1S/C20H20O5/c1-13(24-12-14-7-5-4-6-8-14)17-10-15-9-16(22-2)11-18(23-3)19(15)20(21)25-17/h4-11,13H,12H2,1-3H3. The summed E-state index contributed by atoms with van der Waals surface area (Å²) in [7, 11) is 3.08. The van der Waals surface area contributed by atoms with E-state index in [1.807, 2.05) is 37.3 Å². The van der Waals surface area contributed by atoms with Crippen molar-refractivity contribution >= 4 is 10.8 Å². The lowest BCUT2D eigenvalue weighted by atomic mass is 10.1. The van der Waals surface area contributed by atoms with E-state index in [1.54, 1.807) is 25.3 Å². The predicted molar refractivity (Wildman–Crippen MR) is 95.2 cm³/mol. The second-order valence-corrected chi connectivity index (χ2v) is 5.67. The van der Waals surface area contributed by atoms with Gasteiger partial charge in [0, 0.05) is 6.07 Å². The average Bonchev–Trinajstić information content (AvgIpc) is 2.65. The van der Waals surface area contributed by atoms with Crippen LogP contribution in [0.5, 0.6) is 11.5 Å². The smallest absolute Gasteiger partial charge is 0.347 e. The molecule has 5 nitrogen and oxygen atoms in total. The second kappa shape index (κ2) is 7.40. The molecule has 1 atom stereocenters. The zero-order chi connectivity index (χ0) is 17.8. The van der Waals surface area contributed by atoms with Crippen molar-refractivity contribution in [3.8, 4) is 11.5 Å². The summed E-state index contributed by atoms with van der Waals surface area (Å²) >= 11 is 0. The lowest BCUT2D eigenvalue weighted by molar-refractivity contribution is 0.0364. The Morgan fingerprint density at radius 1 is 1.04 bits per heavy atom. The van der Waals surface area contributed by atoms with Gasteiger partial charge in [-0.2, -0.15) is 0 Å². The monoisotopic (exact) mass is 340 g/mol. The van der Waals surface area contributed by atoms with Crippen molar-refractivity contribution in [3.05, 3.63) is 70.3 Å². The van der Waals surface area contributed by atoms with Gasteiger partial charge < -0.3 is 18.6 Å². The maximum Gasteiger partial charge on any atom is 0.347 e. The van der Waals surface area contributed by atoms with Gasteiger partial charge in [-0.25, -0.2) is 4.79 Å². The molecule has 0 aliphatic carbocycles. The van der Waals surface area contributed by atoms with Crippen molar-refractivity contribution in [2.45, 2.75) is 19.6 Å². The molecule has 3 aromatic rings. The number of methoxy groups -OCH3 is 2. The van der Waals surface area contributed by atoms with E-state index in [0.717, 1.165) is 5.56 Å². The molecule has 0 amide bonds. The molecule has 1 aromatic heterocycles. The minimum absolute atomic E-state index is 0.366. The number of hydrogen-bond donors (Lipinski definition) is 0. The summed E-state index contributed by atoms with van der Waals surface area (Å²) < 4.78 is 21.8. The summed E-state index contributed by atoms with van der Waals surface area (Å²) in [6, 6.07) is 15.1. The minimum atomic E-state index is -0.456. The number of hydrogen-bond acceptors (Lipinski definition) is 5. The summed E-state index contributed by atoms with van der Waals surface area (Å²) in [5.74, 6) is 1.50. The molecular weight excluding hydrogens is 320 g/mol. The first-order chi connectivity index (χ1) is 12.1. The molecule has 1 unspecified atom stereocenters. The molecule has 0 spiro atoms. The molecule has 25 heavy (non-hydrogen) atoms. The van der Waals surface area contributed by atoms with Crippen LogP contribution in [-0.4, -0.2) is 14.2 Å². The third kappa shape index (κ3) is 3.67. The van der Waals surface area contributed by atoms with E-state index in [2.05, 4.69) is 0 Å². The Balaban J connectivity index is 1.92. The van der Waals surface area contributed by atoms with E-state index in [4.69, 9.17) is 18.6 Å². The summed E-state index contributed by atoms with van der Waals surface area (Å²) in [6.07, 6.45) is -0.366. The van der Waals surface area contributed by atoms with Crippen LogP contribution in [0.15, 0.2) is 57.7 Å². The maximum absolute atomic E-state index is 12.4. The molecule has 5 heteroatoms. The van der Waals surface area contributed by atoms with Crippen molar-refractivity contribution in [1.29, 1.82) is 0 Å². The molecule has 3 rings (SSSR count). The van der Waals surface area contributed by atoms with Crippen molar-refractivity contribution < 1.29 is 18.6 Å². The van der Waals surface area contributed by atoms with Crippen LogP contribution in [0, 0.1) is 0 Å². The fourth-order valence-electron chi connectivity index (χ4n) is 2.64. The average molecular weight is 340 g/mol. The highest BCUT2D eigenvalue weighted by Crippen LogP contribution is 2.31. The molecule has 0 aliphatic rings. The van der Waals surface area contributed by atoms with Crippen LogP contribution in [0.25, 0.3) is 10.8 Å². The molecule has 0 fully saturated rings. The van der Waals surface area contributed by atoms with Gasteiger partial charge in [0.1, 0.15) is 28.7 Å². The molecule has 0 aliphatic heterocycles. The van der Waals surface area contributed by atoms with Crippen LogP contribution in [-0.2, 0) is 11.3 Å². The van der Waals surface area contributed by atoms with Gasteiger partial charge in [-0.1, -0.05) is 30.3 Å². The van der Waals surface area contributed by atoms with Gasteiger partial charge >= 0.3 is 5.63 Å². The van der Waals surface area contributed by atoms with E-state index in [0.29, 0.717) is 34.6 Å². The van der Waals surface area contributed by atoms with Gasteiger partial charge in [0.15, 0.2) is 0 Å². The van der Waals surface area contributed by atoms with E-state index >= 15 is 0 Å². The van der Waals surface area contributed by atoms with E-state index in [1.165, 1.54) is 7.11 Å². The van der Waals surface area contributed by atoms with Crippen molar-refractivity contribution in [1.82, 2.24) is 0 Å². The maximum atomic E-state index is 12.4. The summed E-state index contributed by atoms with van der Waals surface area (Å²) in [5, 5.41) is 1.08. The lowest BCUT2D eigenvalue weighted by Gasteiger charge is -2.14. The van der Waals surface area contributed by atoms with Crippen LogP contribution in [0.2, 0.25) is 0 Å². The molecule has 0 saturated carbocycles. The van der Waals surface area contributed by atoms with Crippen molar-refractivity contribution in [2.75, 3.05) is 14.2 Å². The Hall–Kier alpha value is -2.79. The molecular formula is C20H20O5. The normalized spacial score (nSPS) is 12.1. The third-order valence-electron chi connectivity index (χ3n) is 4.02.